The fraction of sp³-hybridized carbons (Fsp3) is 0.464. The van der Waals surface area contributed by atoms with Crippen LogP contribution in [0, 0.1) is 0 Å². The highest BCUT2D eigenvalue weighted by atomic mass is 32.2. The largest absolute Gasteiger partial charge is 0.326 e. The van der Waals surface area contributed by atoms with Crippen LogP contribution < -0.4 is 5.32 Å². The van der Waals surface area contributed by atoms with Crippen LogP contribution in [0.15, 0.2) is 53.7 Å². The summed E-state index contributed by atoms with van der Waals surface area (Å²) in [7, 11) is 0. The third-order valence-electron chi connectivity index (χ3n) is 6.55. The second-order valence-corrected chi connectivity index (χ2v) is 10.6. The minimum atomic E-state index is -0.290. The topological polar surface area (TPSA) is 89.8 Å². The van der Waals surface area contributed by atoms with Crippen LogP contribution in [0.25, 0.3) is 5.69 Å². The first-order valence-corrected chi connectivity index (χ1v) is 14.0. The molecule has 1 N–H and O–H groups in total. The average Bonchev–Trinajstić information content (AvgIpc) is 3.48. The molecule has 0 radical (unpaired) electrons. The van der Waals surface area contributed by atoms with Crippen LogP contribution in [0.1, 0.15) is 87.1 Å². The fourth-order valence-corrected chi connectivity index (χ4v) is 5.63. The highest BCUT2D eigenvalue weighted by Crippen LogP contribution is 2.35. The van der Waals surface area contributed by atoms with Crippen LogP contribution in [0.2, 0.25) is 0 Å². The molecule has 0 saturated heterocycles. The molecule has 0 saturated carbocycles. The number of hydrogen-bond donors (Lipinski definition) is 1. The number of hydrogen-bond acceptors (Lipinski definition) is 6. The number of thioether (sulfide) groups is 1. The molecule has 0 fully saturated rings. The molecule has 0 bridgehead atoms. The summed E-state index contributed by atoms with van der Waals surface area (Å²) >= 11 is 1.38. The van der Waals surface area contributed by atoms with Crippen LogP contribution in [0.5, 0.6) is 0 Å². The molecule has 3 aromatic rings. The summed E-state index contributed by atoms with van der Waals surface area (Å²) in [6, 6.07) is 15.3. The van der Waals surface area contributed by atoms with Crippen LogP contribution >= 0.6 is 11.8 Å². The van der Waals surface area contributed by atoms with E-state index >= 15 is 0 Å². The Balaban J connectivity index is 1.24. The number of ketones is 1. The lowest BCUT2D eigenvalue weighted by molar-refractivity contribution is -0.116. The minimum absolute atomic E-state index is 0.0105. The highest BCUT2D eigenvalue weighted by molar-refractivity contribution is 8.00. The second kappa shape index (κ2) is 13.3. The van der Waals surface area contributed by atoms with Crippen molar-refractivity contribution in [2.24, 2.45) is 0 Å². The molecule has 1 atom stereocenters. The van der Waals surface area contributed by atoms with Gasteiger partial charge in [-0.15, -0.1) is 5.10 Å². The molecule has 1 unspecified atom stereocenters. The van der Waals surface area contributed by atoms with Gasteiger partial charge in [0.25, 0.3) is 0 Å². The van der Waals surface area contributed by atoms with Crippen LogP contribution in [0.4, 0.5) is 5.69 Å². The van der Waals surface area contributed by atoms with Crippen molar-refractivity contribution in [2.75, 3.05) is 5.32 Å². The maximum atomic E-state index is 13.2. The zero-order chi connectivity index (χ0) is 25.2. The first-order valence-electron chi connectivity index (χ1n) is 13.1. The number of carbonyl (C=O) groups excluding carboxylic acids is 2. The van der Waals surface area contributed by atoms with Crippen molar-refractivity contribution in [3.63, 3.8) is 0 Å². The summed E-state index contributed by atoms with van der Waals surface area (Å²) in [6.45, 7) is 2.24. The molecule has 1 heterocycles. The van der Waals surface area contributed by atoms with Crippen molar-refractivity contribution in [3.8, 4) is 5.69 Å². The maximum Gasteiger partial charge on any atom is 0.224 e. The van der Waals surface area contributed by atoms with Gasteiger partial charge in [-0.1, -0.05) is 94.3 Å². The molecule has 0 spiro atoms. The molecule has 2 aromatic carbocycles. The van der Waals surface area contributed by atoms with Gasteiger partial charge in [0.1, 0.15) is 0 Å². The van der Waals surface area contributed by atoms with Crippen molar-refractivity contribution in [3.05, 3.63) is 59.7 Å². The summed E-state index contributed by atoms with van der Waals surface area (Å²) in [6.07, 6.45) is 12.2. The number of amides is 1. The van der Waals surface area contributed by atoms with Gasteiger partial charge >= 0.3 is 0 Å². The Morgan fingerprint density at radius 2 is 1.72 bits per heavy atom. The predicted octanol–water partition coefficient (Wildman–Crippen LogP) is 6.42. The molecule has 190 valence electrons. The molecule has 1 aromatic heterocycles. The second-order valence-electron chi connectivity index (χ2n) is 9.38. The number of carbonyl (C=O) groups is 2. The van der Waals surface area contributed by atoms with Crippen molar-refractivity contribution < 1.29 is 9.59 Å². The van der Waals surface area contributed by atoms with E-state index < -0.39 is 0 Å². The van der Waals surface area contributed by atoms with Gasteiger partial charge in [0.15, 0.2) is 5.78 Å². The van der Waals surface area contributed by atoms with E-state index in [1.54, 1.807) is 4.68 Å². The summed E-state index contributed by atoms with van der Waals surface area (Å²) < 4.78 is 1.65. The van der Waals surface area contributed by atoms with Gasteiger partial charge < -0.3 is 5.32 Å². The monoisotopic (exact) mass is 505 g/mol. The zero-order valence-electron chi connectivity index (χ0n) is 21.0. The van der Waals surface area contributed by atoms with Crippen molar-refractivity contribution >= 4 is 29.1 Å². The zero-order valence-corrected chi connectivity index (χ0v) is 21.8. The highest BCUT2D eigenvalue weighted by Gasteiger charge is 2.33. The first-order chi connectivity index (χ1) is 17.7. The number of para-hydroxylation sites is 1. The van der Waals surface area contributed by atoms with E-state index in [1.807, 2.05) is 48.5 Å². The van der Waals surface area contributed by atoms with E-state index in [0.717, 1.165) is 24.1 Å². The number of tetrazole rings is 1. The van der Waals surface area contributed by atoms with Gasteiger partial charge in [0.2, 0.25) is 11.1 Å². The average molecular weight is 506 g/mol. The van der Waals surface area contributed by atoms with Gasteiger partial charge in [-0.05, 0) is 53.1 Å². The summed E-state index contributed by atoms with van der Waals surface area (Å²) in [5, 5.41) is 15.3. The Kier molecular flexibility index (Phi) is 9.67. The summed E-state index contributed by atoms with van der Waals surface area (Å²) in [4.78, 5) is 25.6. The quantitative estimate of drug-likeness (QED) is 0.254. The molecular formula is C28H35N5O2S. The van der Waals surface area contributed by atoms with Gasteiger partial charge in [-0.25, -0.2) is 0 Å². The number of rotatable bonds is 14. The number of fused-ring (bicyclic) bond motifs is 1. The molecule has 36 heavy (non-hydrogen) atoms. The van der Waals surface area contributed by atoms with E-state index in [9.17, 15) is 9.59 Å². The fourth-order valence-electron chi connectivity index (χ4n) is 4.55. The number of anilines is 1. The molecule has 8 heteroatoms. The van der Waals surface area contributed by atoms with Gasteiger partial charge in [-0.3, -0.25) is 9.59 Å². The standard InChI is InChI=1S/C28H35N5O2S/c1-2-3-4-5-6-7-8-9-13-16-26(34)29-22-18-17-21-19-25(27(35)24(21)20-22)36-28-30-31-32-33(28)23-14-11-10-12-15-23/h10-12,14-15,17-18,20,25H,2-9,13,16,19H2,1H3,(H,29,34). The summed E-state index contributed by atoms with van der Waals surface area (Å²) in [5.41, 5.74) is 3.20. The third-order valence-corrected chi connectivity index (χ3v) is 7.68. The molecular weight excluding hydrogens is 470 g/mol. The smallest absolute Gasteiger partial charge is 0.224 e. The third kappa shape index (κ3) is 7.03. The van der Waals surface area contributed by atoms with E-state index in [-0.39, 0.29) is 16.9 Å². The number of nitrogens with zero attached hydrogens (tertiary/aromatic N) is 4. The minimum Gasteiger partial charge on any atom is -0.326 e. The molecule has 1 amide bonds. The van der Waals surface area contributed by atoms with Gasteiger partial charge in [0.05, 0.1) is 10.9 Å². The van der Waals surface area contributed by atoms with Gasteiger partial charge in [0, 0.05) is 17.7 Å². The van der Waals surface area contributed by atoms with Crippen molar-refractivity contribution in [1.82, 2.24) is 20.2 Å². The number of nitrogens with one attached hydrogen (secondary N) is 1. The van der Waals surface area contributed by atoms with Crippen LogP contribution in [-0.4, -0.2) is 37.1 Å². The molecule has 1 aliphatic rings. The molecule has 1 aliphatic carbocycles. The van der Waals surface area contributed by atoms with Crippen molar-refractivity contribution in [1.29, 1.82) is 0 Å². The Bertz CT molecular complexity index is 1150. The van der Waals surface area contributed by atoms with E-state index in [4.69, 9.17) is 0 Å². The van der Waals surface area contributed by atoms with Gasteiger partial charge in [-0.2, -0.15) is 4.68 Å². The Hall–Kier alpha value is -3.00. The lowest BCUT2D eigenvalue weighted by atomic mass is 10.1. The maximum absolute atomic E-state index is 13.2. The molecule has 7 nitrogen and oxygen atoms in total. The van der Waals surface area contributed by atoms with E-state index in [2.05, 4.69) is 27.8 Å². The van der Waals surface area contributed by atoms with Crippen LogP contribution in [-0.2, 0) is 11.2 Å². The number of aromatic nitrogens is 4. The lowest BCUT2D eigenvalue weighted by Crippen LogP contribution is -2.14. The van der Waals surface area contributed by atoms with E-state index in [0.29, 0.717) is 29.2 Å². The predicted molar refractivity (Wildman–Crippen MR) is 144 cm³/mol. The molecule has 0 aliphatic heterocycles. The Labute approximate surface area is 217 Å². The van der Waals surface area contributed by atoms with E-state index in [1.165, 1.54) is 56.7 Å². The SMILES string of the molecule is CCCCCCCCCCCC(=O)Nc1ccc2c(c1)C(=O)C(Sc1nnnn1-c1ccccc1)C2. The van der Waals surface area contributed by atoms with Crippen molar-refractivity contribution in [2.45, 2.75) is 88.0 Å². The number of unbranched alkanes of at least 4 members (excludes halogenated alkanes) is 8. The normalized spacial score (nSPS) is 14.7. The first kappa shape index (κ1) is 26.1. The van der Waals surface area contributed by atoms with Crippen LogP contribution in [0.3, 0.4) is 0 Å². The Morgan fingerprint density at radius 1 is 1.00 bits per heavy atom. The molecule has 4 rings (SSSR count). The Morgan fingerprint density at radius 3 is 2.47 bits per heavy atom. The summed E-state index contributed by atoms with van der Waals surface area (Å²) in [5.74, 6) is 0.0592. The number of benzene rings is 2. The number of Topliss-reactive ketones (excluding diaryl/α,β-unsaturated/α-hetero) is 1. The lowest BCUT2D eigenvalue weighted by Gasteiger charge is -2.08.